The Balaban J connectivity index is 1.59. The first-order valence-corrected chi connectivity index (χ1v) is 9.47. The summed E-state index contributed by atoms with van der Waals surface area (Å²) in [5.74, 6) is 0. The number of para-hydroxylation sites is 1. The number of urea groups is 1. The SMILES string of the molecule is CSc1ccccc1NC(=O)N1CCN(c2cccc(Cl)c2)CC1. The molecule has 1 aliphatic heterocycles. The average Bonchev–Trinajstić information content (AvgIpc) is 2.62. The summed E-state index contributed by atoms with van der Waals surface area (Å²) in [6.45, 7) is 3.00. The van der Waals surface area contributed by atoms with Crippen LogP contribution in [-0.4, -0.2) is 43.4 Å². The molecule has 6 heteroatoms. The number of benzene rings is 2. The molecule has 1 heterocycles. The van der Waals surface area contributed by atoms with Gasteiger partial charge in [-0.2, -0.15) is 0 Å². The number of hydrogen-bond donors (Lipinski definition) is 1. The van der Waals surface area contributed by atoms with E-state index in [1.54, 1.807) is 11.8 Å². The Morgan fingerprint density at radius 3 is 2.54 bits per heavy atom. The van der Waals surface area contributed by atoms with Gasteiger partial charge in [0.15, 0.2) is 0 Å². The summed E-state index contributed by atoms with van der Waals surface area (Å²) in [5.41, 5.74) is 1.97. The maximum atomic E-state index is 12.5. The van der Waals surface area contributed by atoms with Crippen molar-refractivity contribution < 1.29 is 4.79 Å². The smallest absolute Gasteiger partial charge is 0.321 e. The Labute approximate surface area is 151 Å². The molecule has 126 valence electrons. The third kappa shape index (κ3) is 3.97. The normalized spacial score (nSPS) is 14.6. The van der Waals surface area contributed by atoms with Gasteiger partial charge in [0.05, 0.1) is 5.69 Å². The highest BCUT2D eigenvalue weighted by Crippen LogP contribution is 2.25. The van der Waals surface area contributed by atoms with Crippen LogP contribution in [0.25, 0.3) is 0 Å². The van der Waals surface area contributed by atoms with Crippen molar-refractivity contribution in [2.75, 3.05) is 42.7 Å². The van der Waals surface area contributed by atoms with Gasteiger partial charge in [-0.1, -0.05) is 29.8 Å². The minimum Gasteiger partial charge on any atom is -0.368 e. The Morgan fingerprint density at radius 2 is 1.83 bits per heavy atom. The van der Waals surface area contributed by atoms with E-state index in [2.05, 4.69) is 16.3 Å². The summed E-state index contributed by atoms with van der Waals surface area (Å²) in [6.07, 6.45) is 2.01. The quantitative estimate of drug-likeness (QED) is 0.822. The summed E-state index contributed by atoms with van der Waals surface area (Å²) >= 11 is 7.69. The summed E-state index contributed by atoms with van der Waals surface area (Å²) < 4.78 is 0. The molecule has 2 aromatic rings. The Hall–Kier alpha value is -1.85. The van der Waals surface area contributed by atoms with Gasteiger partial charge < -0.3 is 15.1 Å². The fraction of sp³-hybridized carbons (Fsp3) is 0.278. The number of carbonyl (C=O) groups excluding carboxylic acids is 1. The van der Waals surface area contributed by atoms with Gasteiger partial charge in [0, 0.05) is 41.8 Å². The molecule has 24 heavy (non-hydrogen) atoms. The molecular weight excluding hydrogens is 342 g/mol. The molecule has 0 spiro atoms. The number of hydrogen-bond acceptors (Lipinski definition) is 3. The van der Waals surface area contributed by atoms with E-state index in [1.165, 1.54) is 0 Å². The van der Waals surface area contributed by atoms with Gasteiger partial charge >= 0.3 is 6.03 Å². The second-order valence-electron chi connectivity index (χ2n) is 5.58. The van der Waals surface area contributed by atoms with Gasteiger partial charge in [0.2, 0.25) is 0 Å². The molecule has 0 unspecified atom stereocenters. The lowest BCUT2D eigenvalue weighted by atomic mass is 10.2. The second-order valence-corrected chi connectivity index (χ2v) is 6.87. The molecule has 0 aliphatic carbocycles. The number of nitrogens with zero attached hydrogens (tertiary/aromatic N) is 2. The van der Waals surface area contributed by atoms with E-state index in [0.717, 1.165) is 34.4 Å². The van der Waals surface area contributed by atoms with Crippen LogP contribution in [0, 0.1) is 0 Å². The Morgan fingerprint density at radius 1 is 1.08 bits per heavy atom. The maximum absolute atomic E-state index is 12.5. The van der Waals surface area contributed by atoms with Crippen LogP contribution in [0.4, 0.5) is 16.2 Å². The molecule has 0 radical (unpaired) electrons. The molecule has 0 saturated carbocycles. The lowest BCUT2D eigenvalue weighted by Crippen LogP contribution is -2.50. The molecule has 1 saturated heterocycles. The molecule has 1 fully saturated rings. The zero-order chi connectivity index (χ0) is 16.9. The highest BCUT2D eigenvalue weighted by molar-refractivity contribution is 7.98. The lowest BCUT2D eigenvalue weighted by Gasteiger charge is -2.36. The van der Waals surface area contributed by atoms with Crippen molar-refractivity contribution in [1.82, 2.24) is 4.90 Å². The number of halogens is 1. The van der Waals surface area contributed by atoms with Crippen molar-refractivity contribution in [2.24, 2.45) is 0 Å². The molecule has 4 nitrogen and oxygen atoms in total. The van der Waals surface area contributed by atoms with Crippen molar-refractivity contribution in [3.63, 3.8) is 0 Å². The molecule has 2 amide bonds. The highest BCUT2D eigenvalue weighted by Gasteiger charge is 2.21. The largest absolute Gasteiger partial charge is 0.368 e. The summed E-state index contributed by atoms with van der Waals surface area (Å²) in [4.78, 5) is 17.7. The van der Waals surface area contributed by atoms with Gasteiger partial charge in [-0.25, -0.2) is 4.79 Å². The van der Waals surface area contributed by atoms with Crippen LogP contribution in [-0.2, 0) is 0 Å². The van der Waals surface area contributed by atoms with Crippen LogP contribution in [0.5, 0.6) is 0 Å². The molecular formula is C18H20ClN3OS. The van der Waals surface area contributed by atoms with E-state index >= 15 is 0 Å². The van der Waals surface area contributed by atoms with E-state index in [-0.39, 0.29) is 6.03 Å². The zero-order valence-corrected chi connectivity index (χ0v) is 15.1. The maximum Gasteiger partial charge on any atom is 0.321 e. The van der Waals surface area contributed by atoms with Gasteiger partial charge in [-0.05, 0) is 36.6 Å². The molecule has 2 aromatic carbocycles. The predicted molar refractivity (Wildman–Crippen MR) is 102 cm³/mol. The van der Waals surface area contributed by atoms with Gasteiger partial charge in [-0.15, -0.1) is 11.8 Å². The van der Waals surface area contributed by atoms with Crippen LogP contribution in [0.1, 0.15) is 0 Å². The monoisotopic (exact) mass is 361 g/mol. The van der Waals surface area contributed by atoms with Crippen LogP contribution < -0.4 is 10.2 Å². The van der Waals surface area contributed by atoms with Crippen LogP contribution in [0.2, 0.25) is 5.02 Å². The van der Waals surface area contributed by atoms with Crippen molar-refractivity contribution in [3.8, 4) is 0 Å². The standard InChI is InChI=1S/C18H20ClN3OS/c1-24-17-8-3-2-7-16(17)20-18(23)22-11-9-21(10-12-22)15-6-4-5-14(19)13-15/h2-8,13H,9-12H2,1H3,(H,20,23). The van der Waals surface area contributed by atoms with Crippen molar-refractivity contribution in [2.45, 2.75) is 4.90 Å². The number of thioether (sulfide) groups is 1. The zero-order valence-electron chi connectivity index (χ0n) is 13.5. The van der Waals surface area contributed by atoms with Crippen molar-refractivity contribution >= 4 is 40.8 Å². The van der Waals surface area contributed by atoms with Crippen molar-refractivity contribution in [3.05, 3.63) is 53.6 Å². The van der Waals surface area contributed by atoms with E-state index < -0.39 is 0 Å². The third-order valence-electron chi connectivity index (χ3n) is 4.09. The van der Waals surface area contributed by atoms with E-state index in [0.29, 0.717) is 13.1 Å². The Bertz CT molecular complexity index is 717. The second kappa shape index (κ2) is 7.81. The number of nitrogens with one attached hydrogen (secondary N) is 1. The van der Waals surface area contributed by atoms with Gasteiger partial charge in [0.25, 0.3) is 0 Å². The van der Waals surface area contributed by atoms with Crippen LogP contribution in [0.3, 0.4) is 0 Å². The number of carbonyl (C=O) groups is 1. The first-order valence-electron chi connectivity index (χ1n) is 7.87. The summed E-state index contributed by atoms with van der Waals surface area (Å²) in [5, 5.41) is 3.76. The Kier molecular flexibility index (Phi) is 5.53. The number of amides is 2. The number of anilines is 2. The molecule has 0 aromatic heterocycles. The minimum absolute atomic E-state index is 0.0396. The molecule has 0 atom stereocenters. The highest BCUT2D eigenvalue weighted by atomic mass is 35.5. The molecule has 3 rings (SSSR count). The fourth-order valence-corrected chi connectivity index (χ4v) is 3.52. The van der Waals surface area contributed by atoms with E-state index in [9.17, 15) is 4.79 Å². The summed E-state index contributed by atoms with van der Waals surface area (Å²) in [7, 11) is 0. The topological polar surface area (TPSA) is 35.6 Å². The number of piperazine rings is 1. The molecule has 1 N–H and O–H groups in total. The summed E-state index contributed by atoms with van der Waals surface area (Å²) in [6, 6.07) is 15.7. The first kappa shape index (κ1) is 17.0. The van der Waals surface area contributed by atoms with Gasteiger partial charge in [0.1, 0.15) is 0 Å². The van der Waals surface area contributed by atoms with E-state index in [4.69, 9.17) is 11.6 Å². The van der Waals surface area contributed by atoms with Crippen LogP contribution in [0.15, 0.2) is 53.4 Å². The minimum atomic E-state index is -0.0396. The fourth-order valence-electron chi connectivity index (χ4n) is 2.78. The lowest BCUT2D eigenvalue weighted by molar-refractivity contribution is 0.208. The molecule has 0 bridgehead atoms. The number of rotatable bonds is 3. The van der Waals surface area contributed by atoms with E-state index in [1.807, 2.05) is 53.6 Å². The molecule has 1 aliphatic rings. The third-order valence-corrected chi connectivity index (χ3v) is 5.12. The van der Waals surface area contributed by atoms with Gasteiger partial charge in [-0.3, -0.25) is 0 Å². The predicted octanol–water partition coefficient (Wildman–Crippen LogP) is 4.42. The van der Waals surface area contributed by atoms with Crippen molar-refractivity contribution in [1.29, 1.82) is 0 Å². The first-order chi connectivity index (χ1) is 11.7. The average molecular weight is 362 g/mol. The van der Waals surface area contributed by atoms with Crippen LogP contribution >= 0.6 is 23.4 Å².